The van der Waals surface area contributed by atoms with E-state index in [1.807, 2.05) is 0 Å². The van der Waals surface area contributed by atoms with Gasteiger partial charge in [-0.15, -0.1) is 0 Å². The first-order chi connectivity index (χ1) is 18.0. The highest BCUT2D eigenvalue weighted by Gasteiger charge is 2.52. The molecule has 3 aliphatic heterocycles. The van der Waals surface area contributed by atoms with Gasteiger partial charge in [-0.25, -0.2) is 0 Å². The normalized spacial score (nSPS) is 48.0. The first-order valence-electron chi connectivity index (χ1n) is 12.4. The highest BCUT2D eigenvalue weighted by molar-refractivity contribution is 5.73. The summed E-state index contributed by atoms with van der Waals surface area (Å²) in [5.41, 5.74) is 12.1. The van der Waals surface area contributed by atoms with Gasteiger partial charge in [0.05, 0.1) is 44.1 Å². The molecule has 0 aliphatic carbocycles. The van der Waals surface area contributed by atoms with Gasteiger partial charge in [0, 0.05) is 20.0 Å². The molecule has 1 amide bonds. The molecule has 16 nitrogen and oxygen atoms in total. The number of aliphatic hydroxyl groups excluding tert-OH is 6. The lowest BCUT2D eigenvalue weighted by Crippen LogP contribution is -2.69. The first-order valence-corrected chi connectivity index (χ1v) is 12.4. The van der Waals surface area contributed by atoms with Crippen LogP contribution in [-0.4, -0.2) is 149 Å². The van der Waals surface area contributed by atoms with E-state index < -0.39 is 117 Å². The molecule has 11 N–H and O–H groups in total. The van der Waals surface area contributed by atoms with Crippen LogP contribution in [0.4, 0.5) is 0 Å². The molecule has 0 spiro atoms. The van der Waals surface area contributed by atoms with Crippen molar-refractivity contribution in [3.8, 4) is 0 Å². The standard InChI is InChI=1S/C22H41N3O13/c1-7-9(4-26)34-22(14(15(7)30)25-8(2)29)38-19-11(6-28)36-21(13(24)17(19)32)37-18-10(5-27)35-20(33-3)12(23)16(18)31/h7,9-22,26-28,30-32H,4-6,23-24H2,1-3H3,(H,25,29). The third kappa shape index (κ3) is 6.45. The zero-order valence-electron chi connectivity index (χ0n) is 21.5. The molecule has 0 aromatic rings. The second-order valence-electron chi connectivity index (χ2n) is 9.83. The maximum absolute atomic E-state index is 11.8. The van der Waals surface area contributed by atoms with E-state index in [0.29, 0.717) is 0 Å². The van der Waals surface area contributed by atoms with Crippen LogP contribution in [-0.2, 0) is 33.2 Å². The molecular weight excluding hydrogens is 514 g/mol. The first kappa shape index (κ1) is 31.4. The van der Waals surface area contributed by atoms with Crippen molar-refractivity contribution in [2.45, 2.75) is 99.7 Å². The number of aliphatic hydroxyl groups is 6. The van der Waals surface area contributed by atoms with Crippen molar-refractivity contribution < 1.29 is 63.9 Å². The van der Waals surface area contributed by atoms with Crippen molar-refractivity contribution in [2.75, 3.05) is 26.9 Å². The van der Waals surface area contributed by atoms with Crippen LogP contribution < -0.4 is 16.8 Å². The number of hydrogen-bond donors (Lipinski definition) is 9. The summed E-state index contributed by atoms with van der Waals surface area (Å²) in [5, 5.41) is 64.4. The Bertz CT molecular complexity index is 764. The van der Waals surface area contributed by atoms with Gasteiger partial charge in [-0.1, -0.05) is 6.92 Å². The van der Waals surface area contributed by atoms with E-state index in [4.69, 9.17) is 39.9 Å². The molecule has 0 aromatic heterocycles. The fourth-order valence-electron chi connectivity index (χ4n) is 4.96. The average molecular weight is 556 g/mol. The zero-order valence-corrected chi connectivity index (χ0v) is 21.5. The molecule has 0 radical (unpaired) electrons. The van der Waals surface area contributed by atoms with E-state index in [0.717, 1.165) is 0 Å². The van der Waals surface area contributed by atoms with Crippen molar-refractivity contribution in [2.24, 2.45) is 17.4 Å². The third-order valence-electron chi connectivity index (χ3n) is 7.26. The van der Waals surface area contributed by atoms with Crippen molar-refractivity contribution in [3.63, 3.8) is 0 Å². The minimum absolute atomic E-state index is 0.447. The van der Waals surface area contributed by atoms with Gasteiger partial charge < -0.3 is 75.8 Å². The molecule has 3 rings (SSSR count). The molecule has 0 saturated carbocycles. The van der Waals surface area contributed by atoms with Crippen molar-refractivity contribution >= 4 is 5.91 Å². The number of rotatable bonds is 9. The lowest BCUT2D eigenvalue weighted by Gasteiger charge is -2.49. The Balaban J connectivity index is 1.77. The van der Waals surface area contributed by atoms with Crippen molar-refractivity contribution in [1.29, 1.82) is 0 Å². The van der Waals surface area contributed by atoms with Gasteiger partial charge in [0.25, 0.3) is 0 Å². The number of carbonyl (C=O) groups excluding carboxylic acids is 1. The fraction of sp³-hybridized carbons (Fsp3) is 0.955. The lowest BCUT2D eigenvalue weighted by atomic mass is 9.89. The topological polar surface area (TPSA) is 258 Å². The van der Waals surface area contributed by atoms with E-state index in [9.17, 15) is 35.4 Å². The van der Waals surface area contributed by atoms with E-state index in [2.05, 4.69) is 5.32 Å². The number of ether oxygens (including phenoxy) is 6. The Hall–Kier alpha value is -1.09. The van der Waals surface area contributed by atoms with Gasteiger partial charge in [0.15, 0.2) is 18.9 Å². The third-order valence-corrected chi connectivity index (χ3v) is 7.26. The summed E-state index contributed by atoms with van der Waals surface area (Å²) in [6, 6.07) is -3.41. The van der Waals surface area contributed by atoms with Gasteiger partial charge in [0.1, 0.15) is 42.7 Å². The smallest absolute Gasteiger partial charge is 0.217 e. The maximum atomic E-state index is 11.8. The highest BCUT2D eigenvalue weighted by Crippen LogP contribution is 2.32. The van der Waals surface area contributed by atoms with Crippen LogP contribution in [0, 0.1) is 5.92 Å². The minimum atomic E-state index is -1.54. The highest BCUT2D eigenvalue weighted by atomic mass is 16.7. The van der Waals surface area contributed by atoms with Crippen LogP contribution in [0.2, 0.25) is 0 Å². The molecule has 16 heteroatoms. The molecule has 3 aliphatic rings. The molecule has 3 saturated heterocycles. The summed E-state index contributed by atoms with van der Waals surface area (Å²) in [4.78, 5) is 11.8. The summed E-state index contributed by atoms with van der Waals surface area (Å²) in [5.74, 6) is -1.04. The molecule has 15 atom stereocenters. The van der Waals surface area contributed by atoms with Crippen LogP contribution in [0.1, 0.15) is 13.8 Å². The molecule has 38 heavy (non-hydrogen) atoms. The molecule has 0 bridgehead atoms. The summed E-state index contributed by atoms with van der Waals surface area (Å²) in [6.45, 7) is 1.19. The molecule has 0 aromatic carbocycles. The van der Waals surface area contributed by atoms with Gasteiger partial charge >= 0.3 is 0 Å². The van der Waals surface area contributed by atoms with E-state index in [-0.39, 0.29) is 0 Å². The molecular formula is C22H41N3O13. The molecule has 3 fully saturated rings. The number of nitrogens with two attached hydrogens (primary N) is 2. The lowest BCUT2D eigenvalue weighted by molar-refractivity contribution is -0.348. The number of carbonyl (C=O) groups is 1. The fourth-order valence-corrected chi connectivity index (χ4v) is 4.96. The van der Waals surface area contributed by atoms with Gasteiger partial charge in [-0.2, -0.15) is 0 Å². The van der Waals surface area contributed by atoms with Crippen LogP contribution in [0.3, 0.4) is 0 Å². The SMILES string of the molecule is COC1OC(CO)C(OC2OC(CO)C(OC3OC(CO)C(C)C(O)C3NC(C)=O)C(O)C2N)C(O)C1N. The predicted octanol–water partition coefficient (Wildman–Crippen LogP) is -5.57. The molecule has 3 heterocycles. The Morgan fingerprint density at radius 1 is 0.789 bits per heavy atom. The Morgan fingerprint density at radius 2 is 1.24 bits per heavy atom. The Morgan fingerprint density at radius 3 is 1.71 bits per heavy atom. The van der Waals surface area contributed by atoms with Crippen LogP contribution in [0.25, 0.3) is 0 Å². The molecule has 15 unspecified atom stereocenters. The summed E-state index contributed by atoms with van der Waals surface area (Å²) >= 11 is 0. The predicted molar refractivity (Wildman–Crippen MR) is 125 cm³/mol. The number of hydrogen-bond acceptors (Lipinski definition) is 15. The summed E-state index contributed by atoms with van der Waals surface area (Å²) in [7, 11) is 1.32. The van der Waals surface area contributed by atoms with Gasteiger partial charge in [0.2, 0.25) is 5.91 Å². The van der Waals surface area contributed by atoms with Crippen molar-refractivity contribution in [3.05, 3.63) is 0 Å². The van der Waals surface area contributed by atoms with E-state index >= 15 is 0 Å². The minimum Gasteiger partial charge on any atom is -0.394 e. The van der Waals surface area contributed by atoms with Gasteiger partial charge in [-0.05, 0) is 0 Å². The average Bonchev–Trinajstić information content (AvgIpc) is 2.90. The van der Waals surface area contributed by atoms with Crippen molar-refractivity contribution in [1.82, 2.24) is 5.32 Å². The van der Waals surface area contributed by atoms with E-state index in [1.165, 1.54) is 14.0 Å². The number of amides is 1. The Labute approximate surface area is 219 Å². The Kier molecular flexibility index (Phi) is 11.2. The van der Waals surface area contributed by atoms with E-state index in [1.54, 1.807) is 6.92 Å². The van der Waals surface area contributed by atoms with Gasteiger partial charge in [-0.3, -0.25) is 4.79 Å². The monoisotopic (exact) mass is 555 g/mol. The summed E-state index contributed by atoms with van der Waals surface area (Å²) < 4.78 is 33.8. The number of nitrogens with one attached hydrogen (secondary N) is 1. The van der Waals surface area contributed by atoms with Crippen LogP contribution in [0.15, 0.2) is 0 Å². The second kappa shape index (κ2) is 13.5. The quantitative estimate of drug-likeness (QED) is 0.128. The largest absolute Gasteiger partial charge is 0.394 e. The number of methoxy groups -OCH3 is 1. The van der Waals surface area contributed by atoms with Crippen LogP contribution in [0.5, 0.6) is 0 Å². The summed E-state index contributed by atoms with van der Waals surface area (Å²) in [6.07, 6.45) is -13.5. The second-order valence-corrected chi connectivity index (χ2v) is 9.83. The zero-order chi connectivity index (χ0) is 28.3. The maximum Gasteiger partial charge on any atom is 0.217 e. The molecule has 222 valence electrons. The van der Waals surface area contributed by atoms with Crippen LogP contribution >= 0.6 is 0 Å².